The Labute approximate surface area is 111 Å². The quantitative estimate of drug-likeness (QED) is 0.839. The summed E-state index contributed by atoms with van der Waals surface area (Å²) in [4.78, 5) is 25.2. The van der Waals surface area contributed by atoms with E-state index in [0.717, 1.165) is 5.56 Å². The lowest BCUT2D eigenvalue weighted by molar-refractivity contribution is -0.131. The van der Waals surface area contributed by atoms with Crippen LogP contribution in [0.15, 0.2) is 30.3 Å². The molecule has 1 heterocycles. The normalized spacial score (nSPS) is 20.9. The molecule has 1 N–H and O–H groups in total. The van der Waals surface area contributed by atoms with Crippen molar-refractivity contribution < 1.29 is 9.59 Å². The van der Waals surface area contributed by atoms with Crippen molar-refractivity contribution in [2.24, 2.45) is 0 Å². The molecule has 2 unspecified atom stereocenters. The highest BCUT2D eigenvalue weighted by molar-refractivity contribution is 6.30. The first-order valence-corrected chi connectivity index (χ1v) is 6.27. The molecule has 1 aromatic rings. The fraction of sp³-hybridized carbons (Fsp3) is 0.385. The number of hydrogen-bond acceptors (Lipinski definition) is 2. The highest BCUT2D eigenvalue weighted by Crippen LogP contribution is 2.21. The largest absolute Gasteiger partial charge is 0.344 e. The molecule has 1 aromatic carbocycles. The minimum absolute atomic E-state index is 0.0553. The lowest BCUT2D eigenvalue weighted by Gasteiger charge is -2.15. The summed E-state index contributed by atoms with van der Waals surface area (Å²) in [6, 6.07) is 8.66. The van der Waals surface area contributed by atoms with Gasteiger partial charge in [-0.25, -0.2) is 0 Å². The second-order valence-electron chi connectivity index (χ2n) is 4.38. The van der Waals surface area contributed by atoms with Crippen LogP contribution in [0, 0.1) is 0 Å². The molecule has 1 aliphatic rings. The predicted molar refractivity (Wildman–Crippen MR) is 69.2 cm³/mol. The van der Waals surface area contributed by atoms with Crippen LogP contribution in [0.3, 0.4) is 0 Å². The molecule has 18 heavy (non-hydrogen) atoms. The predicted octanol–water partition coefficient (Wildman–Crippen LogP) is 1.31. The van der Waals surface area contributed by atoms with Gasteiger partial charge in [-0.05, 0) is 12.0 Å². The summed E-state index contributed by atoms with van der Waals surface area (Å²) in [5.74, 6) is -0.378. The molecule has 0 spiro atoms. The SMILES string of the molecule is CN1CCC(NC(=O)C(Cl)c2ccccc2)C1=O. The smallest absolute Gasteiger partial charge is 0.244 e. The Morgan fingerprint density at radius 2 is 2.11 bits per heavy atom. The fourth-order valence-electron chi connectivity index (χ4n) is 1.97. The third-order valence-corrected chi connectivity index (χ3v) is 3.52. The molecule has 1 fully saturated rings. The number of rotatable bonds is 3. The molecule has 0 bridgehead atoms. The van der Waals surface area contributed by atoms with Gasteiger partial charge in [0.05, 0.1) is 0 Å². The summed E-state index contributed by atoms with van der Waals surface area (Å²) in [5.41, 5.74) is 0.732. The van der Waals surface area contributed by atoms with Crippen LogP contribution in [0.5, 0.6) is 0 Å². The van der Waals surface area contributed by atoms with Crippen LogP contribution in [-0.4, -0.2) is 36.3 Å². The zero-order chi connectivity index (χ0) is 13.1. The van der Waals surface area contributed by atoms with E-state index >= 15 is 0 Å². The maximum absolute atomic E-state index is 11.9. The van der Waals surface area contributed by atoms with Crippen molar-refractivity contribution in [2.45, 2.75) is 17.8 Å². The molecule has 2 amide bonds. The molecule has 5 heteroatoms. The van der Waals surface area contributed by atoms with E-state index in [2.05, 4.69) is 5.32 Å². The van der Waals surface area contributed by atoms with Crippen LogP contribution in [0.4, 0.5) is 0 Å². The second kappa shape index (κ2) is 5.40. The molecule has 96 valence electrons. The van der Waals surface area contributed by atoms with Crippen molar-refractivity contribution in [2.75, 3.05) is 13.6 Å². The summed E-state index contributed by atoms with van der Waals surface area (Å²) in [7, 11) is 1.73. The average Bonchev–Trinajstić information content (AvgIpc) is 2.71. The van der Waals surface area contributed by atoms with Crippen LogP contribution >= 0.6 is 11.6 Å². The highest BCUT2D eigenvalue weighted by atomic mass is 35.5. The Morgan fingerprint density at radius 1 is 1.44 bits per heavy atom. The van der Waals surface area contributed by atoms with Gasteiger partial charge in [0.2, 0.25) is 11.8 Å². The Balaban J connectivity index is 1.98. The molecule has 2 atom stereocenters. The summed E-state index contributed by atoms with van der Waals surface area (Å²) in [6.45, 7) is 0.669. The fourth-order valence-corrected chi connectivity index (χ4v) is 2.18. The summed E-state index contributed by atoms with van der Waals surface area (Å²) < 4.78 is 0. The van der Waals surface area contributed by atoms with Crippen LogP contribution in [0.1, 0.15) is 17.4 Å². The second-order valence-corrected chi connectivity index (χ2v) is 4.82. The van der Waals surface area contributed by atoms with Crippen molar-refractivity contribution in [1.29, 1.82) is 0 Å². The number of benzene rings is 1. The van der Waals surface area contributed by atoms with Crippen LogP contribution in [0.25, 0.3) is 0 Å². The minimum Gasteiger partial charge on any atom is -0.344 e. The minimum atomic E-state index is -0.759. The maximum atomic E-state index is 11.9. The number of carbonyl (C=O) groups is 2. The molecule has 0 saturated carbocycles. The molecule has 0 aliphatic carbocycles. The highest BCUT2D eigenvalue weighted by Gasteiger charge is 2.31. The van der Waals surface area contributed by atoms with Gasteiger partial charge in [-0.2, -0.15) is 0 Å². The van der Waals surface area contributed by atoms with E-state index in [1.165, 1.54) is 0 Å². The molecular formula is C13H15ClN2O2. The number of halogens is 1. The molecule has 0 radical (unpaired) electrons. The Bertz CT molecular complexity index is 450. The average molecular weight is 267 g/mol. The molecule has 0 aromatic heterocycles. The van der Waals surface area contributed by atoms with Crippen molar-refractivity contribution in [3.05, 3.63) is 35.9 Å². The molecule has 1 saturated heterocycles. The van der Waals surface area contributed by atoms with E-state index in [0.29, 0.717) is 13.0 Å². The van der Waals surface area contributed by atoms with Gasteiger partial charge >= 0.3 is 0 Å². The van der Waals surface area contributed by atoms with E-state index in [1.54, 1.807) is 24.1 Å². The van der Waals surface area contributed by atoms with Crippen molar-refractivity contribution in [3.63, 3.8) is 0 Å². The zero-order valence-corrected chi connectivity index (χ0v) is 10.9. The Morgan fingerprint density at radius 3 is 2.67 bits per heavy atom. The number of likely N-dealkylation sites (N-methyl/N-ethyl adjacent to an activating group) is 1. The van der Waals surface area contributed by atoms with E-state index in [4.69, 9.17) is 11.6 Å². The number of carbonyl (C=O) groups excluding carboxylic acids is 2. The van der Waals surface area contributed by atoms with Gasteiger partial charge in [-0.3, -0.25) is 9.59 Å². The van der Waals surface area contributed by atoms with Gasteiger partial charge in [0, 0.05) is 13.6 Å². The van der Waals surface area contributed by atoms with Gasteiger partial charge in [-0.15, -0.1) is 11.6 Å². The van der Waals surface area contributed by atoms with Crippen LogP contribution < -0.4 is 5.32 Å². The van der Waals surface area contributed by atoms with Crippen molar-refractivity contribution >= 4 is 23.4 Å². The molecule has 2 rings (SSSR count). The van der Waals surface area contributed by atoms with E-state index in [-0.39, 0.29) is 11.8 Å². The number of alkyl halides is 1. The van der Waals surface area contributed by atoms with Crippen LogP contribution in [0.2, 0.25) is 0 Å². The monoisotopic (exact) mass is 266 g/mol. The van der Waals surface area contributed by atoms with E-state index in [9.17, 15) is 9.59 Å². The third-order valence-electron chi connectivity index (χ3n) is 3.07. The number of amides is 2. The van der Waals surface area contributed by atoms with Gasteiger partial charge in [0.15, 0.2) is 0 Å². The van der Waals surface area contributed by atoms with Crippen molar-refractivity contribution in [3.8, 4) is 0 Å². The van der Waals surface area contributed by atoms with Crippen molar-refractivity contribution in [1.82, 2.24) is 10.2 Å². The van der Waals surface area contributed by atoms with Gasteiger partial charge in [-0.1, -0.05) is 30.3 Å². The number of hydrogen-bond donors (Lipinski definition) is 1. The number of nitrogens with zero attached hydrogens (tertiary/aromatic N) is 1. The lowest BCUT2D eigenvalue weighted by atomic mass is 10.1. The van der Waals surface area contributed by atoms with Gasteiger partial charge < -0.3 is 10.2 Å². The molecule has 1 aliphatic heterocycles. The van der Waals surface area contributed by atoms with E-state index < -0.39 is 11.4 Å². The molecular weight excluding hydrogens is 252 g/mol. The lowest BCUT2D eigenvalue weighted by Crippen LogP contribution is -2.41. The standard InChI is InChI=1S/C13H15ClN2O2/c1-16-8-7-10(13(16)18)15-12(17)11(14)9-5-3-2-4-6-9/h2-6,10-11H,7-8H2,1H3,(H,15,17). The number of likely N-dealkylation sites (tertiary alicyclic amines) is 1. The third kappa shape index (κ3) is 2.64. The first-order chi connectivity index (χ1) is 8.59. The van der Waals surface area contributed by atoms with Crippen LogP contribution in [-0.2, 0) is 9.59 Å². The zero-order valence-electron chi connectivity index (χ0n) is 10.1. The summed E-state index contributed by atoms with van der Waals surface area (Å²) in [5, 5.41) is 1.94. The first kappa shape index (κ1) is 12.9. The topological polar surface area (TPSA) is 49.4 Å². The van der Waals surface area contributed by atoms with Gasteiger partial charge in [0.1, 0.15) is 11.4 Å². The summed E-state index contributed by atoms with van der Waals surface area (Å²) >= 11 is 6.08. The van der Waals surface area contributed by atoms with E-state index in [1.807, 2.05) is 18.2 Å². The first-order valence-electron chi connectivity index (χ1n) is 5.84. The summed E-state index contributed by atoms with van der Waals surface area (Å²) in [6.07, 6.45) is 0.638. The Kier molecular flexibility index (Phi) is 3.87. The number of nitrogens with one attached hydrogen (secondary N) is 1. The van der Waals surface area contributed by atoms with Gasteiger partial charge in [0.25, 0.3) is 0 Å². The molecule has 4 nitrogen and oxygen atoms in total. The maximum Gasteiger partial charge on any atom is 0.244 e. The Hall–Kier alpha value is -1.55.